The number of halogens is 1. The van der Waals surface area contributed by atoms with Crippen molar-refractivity contribution < 1.29 is 9.31 Å². The lowest BCUT2D eigenvalue weighted by Crippen LogP contribution is -2.26. The van der Waals surface area contributed by atoms with Gasteiger partial charge in [-0.2, -0.15) is 0 Å². The number of nitrogens with zero attached hydrogens (tertiary/aromatic N) is 1. The van der Waals surface area contributed by atoms with Gasteiger partial charge in [-0.1, -0.05) is 19.4 Å². The molecule has 0 bridgehead atoms. The van der Waals surface area contributed by atoms with Gasteiger partial charge in [0.1, 0.15) is 5.69 Å². The SMILES string of the molecule is CCC1CCC(Nc2c(F)cccc2[N+](=O)[O-])CC1. The zero-order valence-corrected chi connectivity index (χ0v) is 11.1. The minimum absolute atomic E-state index is 0.0347. The van der Waals surface area contributed by atoms with Crippen LogP contribution in [-0.2, 0) is 0 Å². The maximum Gasteiger partial charge on any atom is 0.295 e. The highest BCUT2D eigenvalue weighted by atomic mass is 19.1. The van der Waals surface area contributed by atoms with Crippen LogP contribution in [0.4, 0.5) is 15.8 Å². The normalized spacial score (nSPS) is 23.1. The van der Waals surface area contributed by atoms with Crippen LogP contribution >= 0.6 is 0 Å². The molecule has 0 heterocycles. The first kappa shape index (κ1) is 13.8. The molecule has 2 rings (SSSR count). The lowest BCUT2D eigenvalue weighted by Gasteiger charge is -2.29. The smallest absolute Gasteiger partial charge is 0.295 e. The first-order chi connectivity index (χ1) is 9.11. The number of para-hydroxylation sites is 1. The average molecular weight is 266 g/mol. The van der Waals surface area contributed by atoms with E-state index in [9.17, 15) is 14.5 Å². The standard InChI is InChI=1S/C14H19FN2O2/c1-2-10-6-8-11(9-7-10)16-14-12(15)4-3-5-13(14)17(18)19/h3-5,10-11,16H,2,6-9H2,1H3. The Kier molecular flexibility index (Phi) is 4.35. The molecule has 4 nitrogen and oxygen atoms in total. The number of rotatable bonds is 4. The van der Waals surface area contributed by atoms with Gasteiger partial charge in [0.2, 0.25) is 0 Å². The van der Waals surface area contributed by atoms with Crippen LogP contribution in [0.1, 0.15) is 39.0 Å². The fourth-order valence-corrected chi connectivity index (χ4v) is 2.73. The van der Waals surface area contributed by atoms with E-state index in [0.29, 0.717) is 0 Å². The van der Waals surface area contributed by atoms with E-state index in [2.05, 4.69) is 12.2 Å². The number of anilines is 1. The summed E-state index contributed by atoms with van der Waals surface area (Å²) < 4.78 is 13.7. The summed E-state index contributed by atoms with van der Waals surface area (Å²) in [6.45, 7) is 2.18. The Labute approximate surface area is 112 Å². The van der Waals surface area contributed by atoms with Crippen LogP contribution in [0.2, 0.25) is 0 Å². The Morgan fingerprint density at radius 3 is 2.63 bits per heavy atom. The molecule has 0 atom stereocenters. The van der Waals surface area contributed by atoms with Gasteiger partial charge in [0.25, 0.3) is 5.69 Å². The van der Waals surface area contributed by atoms with Crippen molar-refractivity contribution in [1.82, 2.24) is 0 Å². The molecule has 0 aliphatic heterocycles. The first-order valence-electron chi connectivity index (χ1n) is 6.81. The van der Waals surface area contributed by atoms with Crippen molar-refractivity contribution in [2.45, 2.75) is 45.1 Å². The number of benzene rings is 1. The molecule has 1 N–H and O–H groups in total. The van der Waals surface area contributed by atoms with Gasteiger partial charge in [0, 0.05) is 12.1 Å². The van der Waals surface area contributed by atoms with Gasteiger partial charge >= 0.3 is 0 Å². The highest BCUT2D eigenvalue weighted by Crippen LogP contribution is 2.32. The second-order valence-electron chi connectivity index (χ2n) is 5.16. The molecule has 0 saturated heterocycles. The van der Waals surface area contributed by atoms with Crippen LogP contribution in [0.3, 0.4) is 0 Å². The average Bonchev–Trinajstić information content (AvgIpc) is 2.41. The van der Waals surface area contributed by atoms with Crippen LogP contribution < -0.4 is 5.32 Å². The van der Waals surface area contributed by atoms with Gasteiger partial charge in [0.15, 0.2) is 5.82 Å². The van der Waals surface area contributed by atoms with Crippen molar-refractivity contribution in [3.8, 4) is 0 Å². The van der Waals surface area contributed by atoms with E-state index in [-0.39, 0.29) is 17.4 Å². The second kappa shape index (κ2) is 5.99. The fourth-order valence-electron chi connectivity index (χ4n) is 2.73. The molecule has 104 valence electrons. The Hall–Kier alpha value is -1.65. The largest absolute Gasteiger partial charge is 0.374 e. The molecule has 1 aromatic rings. The quantitative estimate of drug-likeness (QED) is 0.659. The topological polar surface area (TPSA) is 55.2 Å². The molecule has 1 aromatic carbocycles. The summed E-state index contributed by atoms with van der Waals surface area (Å²) in [5.74, 6) is 0.195. The molecule has 0 aromatic heterocycles. The van der Waals surface area contributed by atoms with Gasteiger partial charge in [-0.25, -0.2) is 4.39 Å². The summed E-state index contributed by atoms with van der Waals surface area (Å²) in [6.07, 6.45) is 5.29. The number of nitrogens with one attached hydrogen (secondary N) is 1. The summed E-state index contributed by atoms with van der Waals surface area (Å²) in [5.41, 5.74) is -0.148. The van der Waals surface area contributed by atoms with E-state index in [4.69, 9.17) is 0 Å². The summed E-state index contributed by atoms with van der Waals surface area (Å²) in [5, 5.41) is 13.9. The molecule has 0 unspecified atom stereocenters. The minimum Gasteiger partial charge on any atom is -0.374 e. The number of hydrogen-bond donors (Lipinski definition) is 1. The van der Waals surface area contributed by atoms with Crippen molar-refractivity contribution >= 4 is 11.4 Å². The molecule has 1 fully saturated rings. The Morgan fingerprint density at radius 2 is 2.05 bits per heavy atom. The molecular weight excluding hydrogens is 247 g/mol. The molecule has 1 aliphatic rings. The van der Waals surface area contributed by atoms with Crippen molar-refractivity contribution in [2.75, 3.05) is 5.32 Å². The summed E-state index contributed by atoms with van der Waals surface area (Å²) >= 11 is 0. The fraction of sp³-hybridized carbons (Fsp3) is 0.571. The van der Waals surface area contributed by atoms with Crippen LogP contribution in [0.25, 0.3) is 0 Å². The molecule has 5 heteroatoms. The van der Waals surface area contributed by atoms with E-state index >= 15 is 0 Å². The third kappa shape index (κ3) is 3.22. The summed E-state index contributed by atoms with van der Waals surface area (Å²) in [7, 11) is 0. The van der Waals surface area contributed by atoms with Crippen molar-refractivity contribution in [2.24, 2.45) is 5.92 Å². The lowest BCUT2D eigenvalue weighted by molar-refractivity contribution is -0.384. The Morgan fingerprint density at radius 1 is 1.37 bits per heavy atom. The van der Waals surface area contributed by atoms with E-state index < -0.39 is 10.7 Å². The molecule has 1 saturated carbocycles. The lowest BCUT2D eigenvalue weighted by atomic mass is 9.84. The van der Waals surface area contributed by atoms with Gasteiger partial charge in [0.05, 0.1) is 4.92 Å². The number of hydrogen-bond acceptors (Lipinski definition) is 3. The molecule has 0 radical (unpaired) electrons. The maximum atomic E-state index is 13.7. The van der Waals surface area contributed by atoms with E-state index in [0.717, 1.165) is 31.6 Å². The highest BCUT2D eigenvalue weighted by molar-refractivity contribution is 5.62. The first-order valence-corrected chi connectivity index (χ1v) is 6.81. The predicted octanol–water partition coefficient (Wildman–Crippen LogP) is 4.11. The molecule has 19 heavy (non-hydrogen) atoms. The molecule has 0 amide bonds. The van der Waals surface area contributed by atoms with E-state index in [1.807, 2.05) is 0 Å². The Balaban J connectivity index is 2.09. The van der Waals surface area contributed by atoms with Crippen LogP contribution in [0.15, 0.2) is 18.2 Å². The van der Waals surface area contributed by atoms with Crippen LogP contribution in [-0.4, -0.2) is 11.0 Å². The van der Waals surface area contributed by atoms with Crippen molar-refractivity contribution in [3.05, 3.63) is 34.1 Å². The summed E-state index contributed by atoms with van der Waals surface area (Å²) in [6, 6.07) is 4.10. The molecular formula is C14H19FN2O2. The van der Waals surface area contributed by atoms with Gasteiger partial charge in [-0.3, -0.25) is 10.1 Å². The minimum atomic E-state index is -0.549. The zero-order valence-electron chi connectivity index (χ0n) is 11.1. The second-order valence-corrected chi connectivity index (χ2v) is 5.16. The van der Waals surface area contributed by atoms with Crippen LogP contribution in [0.5, 0.6) is 0 Å². The monoisotopic (exact) mass is 266 g/mol. The van der Waals surface area contributed by atoms with E-state index in [1.165, 1.54) is 24.6 Å². The summed E-state index contributed by atoms with van der Waals surface area (Å²) in [4.78, 5) is 10.4. The predicted molar refractivity (Wildman–Crippen MR) is 72.7 cm³/mol. The number of nitro benzene ring substituents is 1. The van der Waals surface area contributed by atoms with Gasteiger partial charge in [-0.05, 0) is 37.7 Å². The molecule has 1 aliphatic carbocycles. The van der Waals surface area contributed by atoms with Gasteiger partial charge < -0.3 is 5.32 Å². The zero-order chi connectivity index (χ0) is 13.8. The van der Waals surface area contributed by atoms with E-state index in [1.54, 1.807) is 0 Å². The highest BCUT2D eigenvalue weighted by Gasteiger charge is 2.24. The maximum absolute atomic E-state index is 13.7. The third-order valence-electron chi connectivity index (χ3n) is 3.96. The molecule has 0 spiro atoms. The number of nitro groups is 1. The van der Waals surface area contributed by atoms with Crippen LogP contribution in [0, 0.1) is 21.8 Å². The third-order valence-corrected chi connectivity index (χ3v) is 3.96. The van der Waals surface area contributed by atoms with Crippen molar-refractivity contribution in [1.29, 1.82) is 0 Å². The van der Waals surface area contributed by atoms with Gasteiger partial charge in [-0.15, -0.1) is 0 Å². The van der Waals surface area contributed by atoms with Crippen molar-refractivity contribution in [3.63, 3.8) is 0 Å². The Bertz CT molecular complexity index is 457.